The van der Waals surface area contributed by atoms with E-state index in [0.717, 1.165) is 44.2 Å². The van der Waals surface area contributed by atoms with Crippen molar-refractivity contribution < 1.29 is 15.0 Å². The van der Waals surface area contributed by atoms with Crippen LogP contribution in [0, 0.1) is 6.92 Å². The van der Waals surface area contributed by atoms with E-state index in [1.54, 1.807) is 11.3 Å². The molecule has 0 aliphatic heterocycles. The van der Waals surface area contributed by atoms with Crippen molar-refractivity contribution >= 4 is 44.9 Å². The Bertz CT molecular complexity index is 993. The second-order valence-electron chi connectivity index (χ2n) is 6.89. The summed E-state index contributed by atoms with van der Waals surface area (Å²) in [4.78, 5) is 18.0. The Hall–Kier alpha value is -2.70. The number of aliphatic carboxylic acids is 1. The van der Waals surface area contributed by atoms with Crippen LogP contribution in [-0.2, 0) is 4.79 Å². The molecule has 0 fully saturated rings. The molecular weight excluding hydrogens is 384 g/mol. The highest BCUT2D eigenvalue weighted by Crippen LogP contribution is 2.32. The van der Waals surface area contributed by atoms with Gasteiger partial charge in [0.2, 0.25) is 0 Å². The Morgan fingerprint density at radius 2 is 2.00 bits per heavy atom. The minimum Gasteiger partial charge on any atom is -0.481 e. The van der Waals surface area contributed by atoms with Gasteiger partial charge in [-0.15, -0.1) is 11.3 Å². The first-order chi connectivity index (χ1) is 14.0. The van der Waals surface area contributed by atoms with E-state index in [9.17, 15) is 15.0 Å². The van der Waals surface area contributed by atoms with Gasteiger partial charge in [-0.1, -0.05) is 18.2 Å². The van der Waals surface area contributed by atoms with Crippen molar-refractivity contribution in [1.82, 2.24) is 4.98 Å². The van der Waals surface area contributed by atoms with E-state index >= 15 is 0 Å². The second-order valence-corrected chi connectivity index (χ2v) is 7.92. The zero-order valence-electron chi connectivity index (χ0n) is 16.8. The number of hydrogen-bond donors (Lipinski definition) is 2. The topological polar surface area (TPSA) is 73.7 Å². The van der Waals surface area contributed by atoms with E-state index in [2.05, 4.69) is 37.0 Å². The van der Waals surface area contributed by atoms with Crippen molar-refractivity contribution in [3.63, 3.8) is 0 Å². The summed E-state index contributed by atoms with van der Waals surface area (Å²) in [6.45, 7) is 5.65. The number of aromatic nitrogens is 1. The fourth-order valence-corrected chi connectivity index (χ4v) is 4.30. The van der Waals surface area contributed by atoms with Crippen LogP contribution >= 0.6 is 11.3 Å². The Kier molecular flexibility index (Phi) is 7.01. The molecule has 0 unspecified atom stereocenters. The molecule has 0 aliphatic rings. The molecule has 0 atom stereocenters. The number of nitrogens with zero attached hydrogens (tertiary/aromatic N) is 2. The fourth-order valence-electron chi connectivity index (χ4n) is 3.29. The third-order valence-electron chi connectivity index (χ3n) is 4.88. The van der Waals surface area contributed by atoms with Crippen LogP contribution in [0.4, 0.5) is 5.69 Å². The van der Waals surface area contributed by atoms with Gasteiger partial charge in [0.1, 0.15) is 5.01 Å². The lowest BCUT2D eigenvalue weighted by Gasteiger charge is -2.23. The fraction of sp³-hybridized carbons (Fsp3) is 0.304. The number of allylic oxidation sites excluding steroid dienone is 1. The highest BCUT2D eigenvalue weighted by atomic mass is 32.1. The van der Waals surface area contributed by atoms with Crippen LogP contribution in [0.1, 0.15) is 35.9 Å². The van der Waals surface area contributed by atoms with Gasteiger partial charge in [0.15, 0.2) is 0 Å². The summed E-state index contributed by atoms with van der Waals surface area (Å²) in [6, 6.07) is 14.2. The molecule has 0 radical (unpaired) electrons. The van der Waals surface area contributed by atoms with Crippen molar-refractivity contribution in [1.29, 1.82) is 0 Å². The number of aryl methyl sites for hydroxylation is 1. The predicted molar refractivity (Wildman–Crippen MR) is 121 cm³/mol. The SMILES string of the molecule is CCN(CCO)c1ccc(C=C(CCC(=O)O)c2nc3ccccc3s2)c(C)c1. The third kappa shape index (κ3) is 5.22. The van der Waals surface area contributed by atoms with Crippen LogP contribution < -0.4 is 4.90 Å². The van der Waals surface area contributed by atoms with Gasteiger partial charge in [0.25, 0.3) is 0 Å². The van der Waals surface area contributed by atoms with Gasteiger partial charge in [0.05, 0.1) is 16.8 Å². The molecule has 29 heavy (non-hydrogen) atoms. The lowest BCUT2D eigenvalue weighted by Crippen LogP contribution is -2.26. The lowest BCUT2D eigenvalue weighted by atomic mass is 10.0. The van der Waals surface area contributed by atoms with Crippen LogP contribution in [0.15, 0.2) is 42.5 Å². The normalized spacial score (nSPS) is 11.8. The number of thiazole rings is 1. The number of likely N-dealkylation sites (N-methyl/N-ethyl adjacent to an activating group) is 1. The standard InChI is InChI=1S/C23H26N2O3S/c1-3-25(12-13-26)19-10-8-17(16(2)14-19)15-18(9-11-22(27)28)23-24-20-6-4-5-7-21(20)29-23/h4-8,10,14-15,26H,3,9,11-13H2,1-2H3,(H,27,28). The molecule has 5 nitrogen and oxygen atoms in total. The minimum absolute atomic E-state index is 0.0685. The summed E-state index contributed by atoms with van der Waals surface area (Å²) in [7, 11) is 0. The molecule has 3 rings (SSSR count). The number of benzene rings is 2. The van der Waals surface area contributed by atoms with Crippen molar-refractivity contribution in [2.24, 2.45) is 0 Å². The van der Waals surface area contributed by atoms with E-state index in [1.165, 1.54) is 0 Å². The maximum Gasteiger partial charge on any atom is 0.303 e. The van der Waals surface area contributed by atoms with Gasteiger partial charge < -0.3 is 15.1 Å². The van der Waals surface area contributed by atoms with E-state index < -0.39 is 5.97 Å². The number of aliphatic hydroxyl groups excluding tert-OH is 1. The molecule has 0 aliphatic carbocycles. The van der Waals surface area contributed by atoms with Gasteiger partial charge in [0, 0.05) is 25.2 Å². The number of carboxylic acid groups (broad SMARTS) is 1. The summed E-state index contributed by atoms with van der Waals surface area (Å²) >= 11 is 1.59. The molecule has 3 aromatic rings. The average Bonchev–Trinajstić information content (AvgIpc) is 3.14. The first kappa shape index (κ1) is 21.0. The molecule has 0 saturated heterocycles. The Labute approximate surface area is 174 Å². The van der Waals surface area contributed by atoms with Crippen LogP contribution in [0.3, 0.4) is 0 Å². The van der Waals surface area contributed by atoms with Crippen LogP contribution in [0.2, 0.25) is 0 Å². The molecule has 0 saturated carbocycles. The first-order valence-electron chi connectivity index (χ1n) is 9.76. The Balaban J connectivity index is 1.97. The summed E-state index contributed by atoms with van der Waals surface area (Å²) < 4.78 is 1.10. The summed E-state index contributed by atoms with van der Waals surface area (Å²) in [5, 5.41) is 19.3. The summed E-state index contributed by atoms with van der Waals surface area (Å²) in [5.74, 6) is -0.813. The molecule has 1 heterocycles. The molecule has 2 aromatic carbocycles. The number of carbonyl (C=O) groups is 1. The molecule has 1 aromatic heterocycles. The highest BCUT2D eigenvalue weighted by molar-refractivity contribution is 7.19. The number of anilines is 1. The molecule has 0 bridgehead atoms. The number of fused-ring (bicyclic) bond motifs is 1. The monoisotopic (exact) mass is 410 g/mol. The van der Waals surface area contributed by atoms with Crippen molar-refractivity contribution in [3.8, 4) is 0 Å². The van der Waals surface area contributed by atoms with Gasteiger partial charge in [-0.2, -0.15) is 0 Å². The summed E-state index contributed by atoms with van der Waals surface area (Å²) in [5.41, 5.74) is 5.10. The largest absolute Gasteiger partial charge is 0.481 e. The van der Waals surface area contributed by atoms with Crippen LogP contribution in [0.25, 0.3) is 21.9 Å². The first-order valence-corrected chi connectivity index (χ1v) is 10.6. The van der Waals surface area contributed by atoms with E-state index in [1.807, 2.05) is 30.3 Å². The van der Waals surface area contributed by atoms with Crippen molar-refractivity contribution in [2.75, 3.05) is 24.6 Å². The molecule has 0 spiro atoms. The maximum absolute atomic E-state index is 11.2. The zero-order chi connectivity index (χ0) is 20.8. The number of para-hydroxylation sites is 1. The quantitative estimate of drug-likeness (QED) is 0.529. The van der Waals surface area contributed by atoms with Gasteiger partial charge in [-0.25, -0.2) is 4.98 Å². The van der Waals surface area contributed by atoms with Gasteiger partial charge in [-0.3, -0.25) is 4.79 Å². The zero-order valence-corrected chi connectivity index (χ0v) is 17.6. The number of hydrogen-bond acceptors (Lipinski definition) is 5. The Morgan fingerprint density at radius 1 is 1.21 bits per heavy atom. The van der Waals surface area contributed by atoms with Gasteiger partial charge in [-0.05, 0) is 67.3 Å². The van der Waals surface area contributed by atoms with E-state index in [4.69, 9.17) is 4.98 Å². The van der Waals surface area contributed by atoms with E-state index in [-0.39, 0.29) is 13.0 Å². The number of rotatable bonds is 9. The molecule has 2 N–H and O–H groups in total. The van der Waals surface area contributed by atoms with E-state index in [0.29, 0.717) is 13.0 Å². The molecular formula is C23H26N2O3S. The molecule has 6 heteroatoms. The summed E-state index contributed by atoms with van der Waals surface area (Å²) in [6.07, 6.45) is 2.56. The van der Waals surface area contributed by atoms with Crippen molar-refractivity contribution in [3.05, 3.63) is 58.6 Å². The second kappa shape index (κ2) is 9.67. The predicted octanol–water partition coefficient (Wildman–Crippen LogP) is 4.83. The van der Waals surface area contributed by atoms with Gasteiger partial charge >= 0.3 is 5.97 Å². The highest BCUT2D eigenvalue weighted by Gasteiger charge is 2.12. The van der Waals surface area contributed by atoms with Crippen molar-refractivity contribution in [2.45, 2.75) is 26.7 Å². The van der Waals surface area contributed by atoms with Crippen LogP contribution in [-0.4, -0.2) is 40.9 Å². The van der Waals surface area contributed by atoms with Crippen LogP contribution in [0.5, 0.6) is 0 Å². The smallest absolute Gasteiger partial charge is 0.303 e. The molecule has 0 amide bonds. The Morgan fingerprint density at radius 3 is 2.66 bits per heavy atom. The lowest BCUT2D eigenvalue weighted by molar-refractivity contribution is -0.136. The third-order valence-corrected chi connectivity index (χ3v) is 5.99. The molecule has 152 valence electrons. The number of aliphatic hydroxyl groups is 1. The maximum atomic E-state index is 11.2. The minimum atomic E-state index is -0.813. The number of carboxylic acids is 1. The average molecular weight is 411 g/mol.